The van der Waals surface area contributed by atoms with Gasteiger partial charge in [0.25, 0.3) is 0 Å². The minimum atomic E-state index is 2.00. The van der Waals surface area contributed by atoms with Gasteiger partial charge in [-0.15, -0.1) is 0 Å². The fourth-order valence-corrected chi connectivity index (χ4v) is 0.449. The van der Waals surface area contributed by atoms with E-state index in [0.717, 1.165) is 0 Å². The molecule has 0 fully saturated rings. The third kappa shape index (κ3) is 1.40. The molecule has 0 spiro atoms. The van der Waals surface area contributed by atoms with Gasteiger partial charge in [0.05, 0.1) is 0 Å². The minimum absolute atomic E-state index is 2.00. The number of hydrogen-bond acceptors (Lipinski definition) is 0. The van der Waals surface area contributed by atoms with Crippen molar-refractivity contribution < 1.29 is 0 Å². The van der Waals surface area contributed by atoms with E-state index < -0.39 is 0 Å². The Kier molecular flexibility index (Phi) is 1.50. The Morgan fingerprint density at radius 2 is 0.857 bits per heavy atom. The molecule has 1 aliphatic carbocycles. The standard InChI is InChI=1S/C7H7/c1-2-4-6-7-5-3-1/h1-7H. The smallest absolute Gasteiger partial charge is 0.00506 e. The fraction of sp³-hybridized carbons (Fsp3) is 0. The summed E-state index contributed by atoms with van der Waals surface area (Å²) in [5.41, 5.74) is 0. The lowest BCUT2D eigenvalue weighted by atomic mass is 10.4. The summed E-state index contributed by atoms with van der Waals surface area (Å²) in [7, 11) is 0. The maximum Gasteiger partial charge on any atom is 0.00506 e. The molecule has 0 amide bonds. The first-order chi connectivity index (χ1) is 3.50. The molecular weight excluding hydrogens is 84.1 g/mol. The maximum atomic E-state index is 2.00. The lowest BCUT2D eigenvalue weighted by Crippen LogP contribution is -1.51. The van der Waals surface area contributed by atoms with Gasteiger partial charge in [0, 0.05) is 6.42 Å². The van der Waals surface area contributed by atoms with E-state index in [1.165, 1.54) is 0 Å². The Labute approximate surface area is 43.9 Å². The van der Waals surface area contributed by atoms with Gasteiger partial charge >= 0.3 is 0 Å². The maximum absolute atomic E-state index is 2.00. The van der Waals surface area contributed by atoms with E-state index in [-0.39, 0.29) is 0 Å². The zero-order valence-corrected chi connectivity index (χ0v) is 4.04. The summed E-state index contributed by atoms with van der Waals surface area (Å²) in [4.78, 5) is 0. The summed E-state index contributed by atoms with van der Waals surface area (Å²) in [6, 6.07) is 0. The molecule has 0 heterocycles. The zero-order valence-electron chi connectivity index (χ0n) is 4.04. The van der Waals surface area contributed by atoms with Crippen LogP contribution in [-0.4, -0.2) is 0 Å². The SMILES string of the molecule is [CH]1C=CC=CC=C1. The largest absolute Gasteiger partial charge is 0.0767 e. The first kappa shape index (κ1) is 4.38. The Balaban J connectivity index is 2.60. The first-order valence-electron chi connectivity index (χ1n) is 2.33. The van der Waals surface area contributed by atoms with Crippen molar-refractivity contribution in [3.8, 4) is 0 Å². The second-order valence-electron chi connectivity index (χ2n) is 1.35. The minimum Gasteiger partial charge on any atom is -0.0767 e. The molecule has 0 N–H and O–H groups in total. The van der Waals surface area contributed by atoms with Gasteiger partial charge in [0.1, 0.15) is 0 Å². The normalized spacial score (nSPS) is 17.1. The predicted molar refractivity (Wildman–Crippen MR) is 31.7 cm³/mol. The van der Waals surface area contributed by atoms with E-state index in [1.54, 1.807) is 0 Å². The van der Waals surface area contributed by atoms with Crippen molar-refractivity contribution in [2.24, 2.45) is 0 Å². The van der Waals surface area contributed by atoms with Crippen LogP contribution in [0.25, 0.3) is 0 Å². The molecular formula is C7H7. The number of allylic oxidation sites excluding steroid dienone is 6. The summed E-state index contributed by atoms with van der Waals surface area (Å²) >= 11 is 0. The van der Waals surface area contributed by atoms with Gasteiger partial charge in [0.2, 0.25) is 0 Å². The topological polar surface area (TPSA) is 0 Å². The molecule has 0 aromatic carbocycles. The van der Waals surface area contributed by atoms with E-state index in [1.807, 2.05) is 42.9 Å². The van der Waals surface area contributed by atoms with Crippen molar-refractivity contribution in [2.75, 3.05) is 0 Å². The third-order valence-electron chi connectivity index (χ3n) is 0.778. The second kappa shape index (κ2) is 2.40. The van der Waals surface area contributed by atoms with Crippen LogP contribution in [-0.2, 0) is 0 Å². The van der Waals surface area contributed by atoms with Crippen LogP contribution in [0.15, 0.2) is 36.5 Å². The van der Waals surface area contributed by atoms with Gasteiger partial charge < -0.3 is 0 Å². The van der Waals surface area contributed by atoms with E-state index in [2.05, 4.69) is 0 Å². The molecule has 0 heteroatoms. The van der Waals surface area contributed by atoms with E-state index >= 15 is 0 Å². The van der Waals surface area contributed by atoms with Crippen LogP contribution < -0.4 is 0 Å². The van der Waals surface area contributed by atoms with Crippen LogP contribution in [0, 0.1) is 6.42 Å². The molecule has 35 valence electrons. The summed E-state index contributed by atoms with van der Waals surface area (Å²) in [5, 5.41) is 0. The molecule has 7 heavy (non-hydrogen) atoms. The average Bonchev–Trinajstić information content (AvgIpc) is 1.90. The lowest BCUT2D eigenvalue weighted by Gasteiger charge is -1.68. The Bertz CT molecular complexity index is 102. The molecule has 0 saturated carbocycles. The van der Waals surface area contributed by atoms with E-state index in [0.29, 0.717) is 0 Å². The van der Waals surface area contributed by atoms with E-state index in [9.17, 15) is 0 Å². The van der Waals surface area contributed by atoms with Crippen molar-refractivity contribution in [3.05, 3.63) is 42.9 Å². The van der Waals surface area contributed by atoms with Gasteiger partial charge in [0.15, 0.2) is 0 Å². The van der Waals surface area contributed by atoms with Crippen LogP contribution in [0.1, 0.15) is 0 Å². The molecule has 0 aromatic heterocycles. The van der Waals surface area contributed by atoms with Gasteiger partial charge in [-0.25, -0.2) is 0 Å². The van der Waals surface area contributed by atoms with Crippen molar-refractivity contribution in [1.29, 1.82) is 0 Å². The van der Waals surface area contributed by atoms with Crippen LogP contribution in [0.4, 0.5) is 0 Å². The Hall–Kier alpha value is -0.780. The first-order valence-corrected chi connectivity index (χ1v) is 2.33. The van der Waals surface area contributed by atoms with Crippen LogP contribution in [0.5, 0.6) is 0 Å². The highest BCUT2D eigenvalue weighted by molar-refractivity contribution is 5.23. The highest BCUT2D eigenvalue weighted by atomic mass is 13.8. The monoisotopic (exact) mass is 91.1 g/mol. The Morgan fingerprint density at radius 3 is 1.43 bits per heavy atom. The van der Waals surface area contributed by atoms with Gasteiger partial charge in [-0.2, -0.15) is 0 Å². The quantitative estimate of drug-likeness (QED) is 0.427. The second-order valence-corrected chi connectivity index (χ2v) is 1.35. The number of hydrogen-bond donors (Lipinski definition) is 0. The summed E-state index contributed by atoms with van der Waals surface area (Å²) < 4.78 is 0. The number of rotatable bonds is 0. The van der Waals surface area contributed by atoms with Crippen molar-refractivity contribution >= 4 is 0 Å². The molecule has 0 unspecified atom stereocenters. The fourth-order valence-electron chi connectivity index (χ4n) is 0.449. The molecule has 0 atom stereocenters. The highest BCUT2D eigenvalue weighted by Gasteiger charge is 1.71. The summed E-state index contributed by atoms with van der Waals surface area (Å²) in [6.07, 6.45) is 14.0. The van der Waals surface area contributed by atoms with Gasteiger partial charge in [-0.05, 0) is 0 Å². The molecule has 0 bridgehead atoms. The predicted octanol–water partition coefficient (Wildman–Crippen LogP) is 1.87. The van der Waals surface area contributed by atoms with Crippen molar-refractivity contribution in [1.82, 2.24) is 0 Å². The summed E-state index contributed by atoms with van der Waals surface area (Å²) in [5.74, 6) is 0. The Morgan fingerprint density at radius 1 is 0.429 bits per heavy atom. The molecule has 1 aliphatic rings. The van der Waals surface area contributed by atoms with Gasteiger partial charge in [-0.1, -0.05) is 36.5 Å². The van der Waals surface area contributed by atoms with Crippen molar-refractivity contribution in [3.63, 3.8) is 0 Å². The molecule has 1 rings (SSSR count). The van der Waals surface area contributed by atoms with Crippen molar-refractivity contribution in [2.45, 2.75) is 0 Å². The molecule has 1 radical (unpaired) electrons. The molecule has 0 aromatic rings. The third-order valence-corrected chi connectivity index (χ3v) is 0.778. The van der Waals surface area contributed by atoms with Crippen LogP contribution in [0.3, 0.4) is 0 Å². The van der Waals surface area contributed by atoms with Crippen LogP contribution in [0.2, 0.25) is 0 Å². The average molecular weight is 91.1 g/mol. The zero-order chi connectivity index (χ0) is 4.95. The van der Waals surface area contributed by atoms with E-state index in [4.69, 9.17) is 0 Å². The van der Waals surface area contributed by atoms with Crippen LogP contribution >= 0.6 is 0 Å². The summed E-state index contributed by atoms with van der Waals surface area (Å²) in [6.45, 7) is 0. The highest BCUT2D eigenvalue weighted by Crippen LogP contribution is 1.90. The molecule has 0 aliphatic heterocycles. The van der Waals surface area contributed by atoms with Gasteiger partial charge in [-0.3, -0.25) is 0 Å². The molecule has 0 saturated heterocycles. The molecule has 0 nitrogen and oxygen atoms in total. The lowest BCUT2D eigenvalue weighted by molar-refractivity contribution is 1.78.